The van der Waals surface area contributed by atoms with Gasteiger partial charge in [0, 0.05) is 17.9 Å². The van der Waals surface area contributed by atoms with Crippen molar-refractivity contribution in [1.29, 1.82) is 0 Å². The monoisotopic (exact) mass is 451 g/mol. The molecule has 3 rings (SSSR count). The van der Waals surface area contributed by atoms with E-state index in [9.17, 15) is 14.4 Å². The summed E-state index contributed by atoms with van der Waals surface area (Å²) in [7, 11) is 1.51. The van der Waals surface area contributed by atoms with Gasteiger partial charge in [-0.3, -0.25) is 9.69 Å². The molecule has 1 heterocycles. The molecule has 8 nitrogen and oxygen atoms in total. The number of methoxy groups -OCH3 is 1. The molecule has 3 amide bonds. The van der Waals surface area contributed by atoms with E-state index in [0.717, 1.165) is 6.42 Å². The number of esters is 1. The van der Waals surface area contributed by atoms with Crippen LogP contribution in [0, 0.1) is 0 Å². The Labute approximate surface area is 193 Å². The first-order chi connectivity index (χ1) is 15.9. The summed E-state index contributed by atoms with van der Waals surface area (Å²) in [5, 5.41) is 5.75. The molecule has 2 aromatic rings. The second-order valence-corrected chi connectivity index (χ2v) is 7.53. The van der Waals surface area contributed by atoms with Crippen LogP contribution in [0.4, 0.5) is 10.5 Å². The minimum atomic E-state index is -0.649. The highest BCUT2D eigenvalue weighted by atomic mass is 16.5. The van der Waals surface area contributed by atoms with Gasteiger partial charge in [0.1, 0.15) is 5.75 Å². The second kappa shape index (κ2) is 10.7. The maximum atomic E-state index is 12.8. The molecule has 2 N–H and O–H groups in total. The zero-order valence-corrected chi connectivity index (χ0v) is 19.3. The molecule has 1 aliphatic heterocycles. The average Bonchev–Trinajstić information content (AvgIpc) is 2.82. The lowest BCUT2D eigenvalue weighted by Gasteiger charge is -2.35. The summed E-state index contributed by atoms with van der Waals surface area (Å²) in [4.78, 5) is 39.7. The molecule has 0 fully saturated rings. The van der Waals surface area contributed by atoms with Gasteiger partial charge in [-0.15, -0.1) is 0 Å². The first-order valence-electron chi connectivity index (χ1n) is 10.9. The number of benzene rings is 2. The van der Waals surface area contributed by atoms with Gasteiger partial charge < -0.3 is 20.1 Å². The molecule has 174 valence electrons. The highest BCUT2D eigenvalue weighted by molar-refractivity contribution is 6.06. The standard InChI is InChI=1S/C25H29N3O5/c1-5-15-28-16(3)21(24(30)33-6-2)22(27-25(28)31)17-11-13-18(14-12-17)26-23(29)19-9-7-8-10-20(19)32-4/h7-14,22H,5-6,15H2,1-4H3,(H,26,29)(H,27,31). The molecule has 1 atom stereocenters. The average molecular weight is 452 g/mol. The molecular formula is C25H29N3O5. The Balaban J connectivity index is 1.87. The number of carbonyl (C=O) groups is 3. The topological polar surface area (TPSA) is 97.0 Å². The molecule has 33 heavy (non-hydrogen) atoms. The van der Waals surface area contributed by atoms with E-state index in [1.807, 2.05) is 6.92 Å². The van der Waals surface area contributed by atoms with Crippen LogP contribution in [0.3, 0.4) is 0 Å². The van der Waals surface area contributed by atoms with Crippen LogP contribution >= 0.6 is 0 Å². The number of urea groups is 1. The molecule has 1 unspecified atom stereocenters. The van der Waals surface area contributed by atoms with Gasteiger partial charge in [-0.1, -0.05) is 31.2 Å². The Hall–Kier alpha value is -3.81. The maximum absolute atomic E-state index is 12.8. The van der Waals surface area contributed by atoms with Crippen molar-refractivity contribution in [3.63, 3.8) is 0 Å². The van der Waals surface area contributed by atoms with Gasteiger partial charge in [0.2, 0.25) is 0 Å². The number of nitrogens with zero attached hydrogens (tertiary/aromatic N) is 1. The number of hydrogen-bond acceptors (Lipinski definition) is 5. The fourth-order valence-corrected chi connectivity index (χ4v) is 3.79. The van der Waals surface area contributed by atoms with Crippen molar-refractivity contribution in [1.82, 2.24) is 10.2 Å². The Kier molecular flexibility index (Phi) is 7.71. The summed E-state index contributed by atoms with van der Waals surface area (Å²) in [6, 6.07) is 13.0. The normalized spacial score (nSPS) is 15.7. The lowest BCUT2D eigenvalue weighted by atomic mass is 9.94. The molecule has 0 aromatic heterocycles. The molecule has 0 radical (unpaired) electrons. The molecule has 0 bridgehead atoms. The predicted molar refractivity (Wildman–Crippen MR) is 125 cm³/mol. The Bertz CT molecular complexity index is 1060. The summed E-state index contributed by atoms with van der Waals surface area (Å²) in [6.07, 6.45) is 0.756. The summed E-state index contributed by atoms with van der Waals surface area (Å²) in [5.41, 5.74) is 2.68. The first kappa shape index (κ1) is 23.8. The van der Waals surface area contributed by atoms with Crippen molar-refractivity contribution >= 4 is 23.6 Å². The zero-order valence-electron chi connectivity index (χ0n) is 19.3. The van der Waals surface area contributed by atoms with E-state index in [1.165, 1.54) is 7.11 Å². The largest absolute Gasteiger partial charge is 0.496 e. The minimum absolute atomic E-state index is 0.234. The predicted octanol–water partition coefficient (Wildman–Crippen LogP) is 4.26. The van der Waals surface area contributed by atoms with Crippen molar-refractivity contribution in [2.75, 3.05) is 25.6 Å². The fourth-order valence-electron chi connectivity index (χ4n) is 3.79. The SMILES string of the molecule is CCCN1C(=O)NC(c2ccc(NC(=O)c3ccccc3OC)cc2)C(C(=O)OCC)=C1C. The first-order valence-corrected chi connectivity index (χ1v) is 10.9. The summed E-state index contributed by atoms with van der Waals surface area (Å²) in [5.74, 6) is -0.285. The van der Waals surface area contributed by atoms with E-state index in [2.05, 4.69) is 10.6 Å². The molecule has 1 aliphatic rings. The third-order valence-corrected chi connectivity index (χ3v) is 5.39. The van der Waals surface area contributed by atoms with E-state index in [0.29, 0.717) is 40.4 Å². The Morgan fingerprint density at radius 1 is 1.09 bits per heavy atom. The quantitative estimate of drug-likeness (QED) is 0.585. The number of rotatable bonds is 8. The highest BCUT2D eigenvalue weighted by Crippen LogP contribution is 2.32. The number of carbonyl (C=O) groups excluding carboxylic acids is 3. The van der Waals surface area contributed by atoms with E-state index in [4.69, 9.17) is 9.47 Å². The maximum Gasteiger partial charge on any atom is 0.338 e. The zero-order chi connectivity index (χ0) is 24.0. The van der Waals surface area contributed by atoms with Crippen molar-refractivity contribution in [2.45, 2.75) is 33.2 Å². The molecule has 8 heteroatoms. The van der Waals surface area contributed by atoms with Crippen molar-refractivity contribution in [2.24, 2.45) is 0 Å². The van der Waals surface area contributed by atoms with Gasteiger partial charge in [0.25, 0.3) is 5.91 Å². The van der Waals surface area contributed by atoms with Crippen LogP contribution in [-0.2, 0) is 9.53 Å². The number of hydrogen-bond donors (Lipinski definition) is 2. The third kappa shape index (κ3) is 5.16. The molecular weight excluding hydrogens is 422 g/mol. The lowest BCUT2D eigenvalue weighted by molar-refractivity contribution is -0.139. The number of anilines is 1. The Morgan fingerprint density at radius 3 is 2.42 bits per heavy atom. The minimum Gasteiger partial charge on any atom is -0.496 e. The smallest absolute Gasteiger partial charge is 0.338 e. The van der Waals surface area contributed by atoms with E-state index in [-0.39, 0.29) is 18.5 Å². The number of para-hydroxylation sites is 1. The number of ether oxygens (including phenoxy) is 2. The second-order valence-electron chi connectivity index (χ2n) is 7.53. The van der Waals surface area contributed by atoms with Crippen LogP contribution in [0.2, 0.25) is 0 Å². The van der Waals surface area contributed by atoms with Crippen LogP contribution < -0.4 is 15.4 Å². The van der Waals surface area contributed by atoms with Gasteiger partial charge in [0.15, 0.2) is 0 Å². The highest BCUT2D eigenvalue weighted by Gasteiger charge is 2.36. The summed E-state index contributed by atoms with van der Waals surface area (Å²) in [6.45, 7) is 6.20. The van der Waals surface area contributed by atoms with Gasteiger partial charge in [0.05, 0.1) is 30.9 Å². The number of amides is 3. The molecule has 0 saturated carbocycles. The van der Waals surface area contributed by atoms with E-state index >= 15 is 0 Å². The lowest BCUT2D eigenvalue weighted by Crippen LogP contribution is -2.48. The van der Waals surface area contributed by atoms with Gasteiger partial charge in [-0.05, 0) is 50.1 Å². The molecule has 2 aromatic carbocycles. The summed E-state index contributed by atoms with van der Waals surface area (Å²) >= 11 is 0. The number of allylic oxidation sites excluding steroid dienone is 1. The number of nitrogens with one attached hydrogen (secondary N) is 2. The van der Waals surface area contributed by atoms with Crippen LogP contribution in [0.1, 0.15) is 49.2 Å². The molecule has 0 spiro atoms. The van der Waals surface area contributed by atoms with Crippen LogP contribution in [0.5, 0.6) is 5.75 Å². The fraction of sp³-hybridized carbons (Fsp3) is 0.320. The van der Waals surface area contributed by atoms with Crippen LogP contribution in [-0.4, -0.2) is 43.1 Å². The third-order valence-electron chi connectivity index (χ3n) is 5.39. The van der Waals surface area contributed by atoms with Gasteiger partial charge in [-0.2, -0.15) is 0 Å². The Morgan fingerprint density at radius 2 is 1.79 bits per heavy atom. The van der Waals surface area contributed by atoms with Crippen LogP contribution in [0.15, 0.2) is 59.8 Å². The van der Waals surface area contributed by atoms with Gasteiger partial charge in [-0.25, -0.2) is 9.59 Å². The van der Waals surface area contributed by atoms with Crippen molar-refractivity contribution < 1.29 is 23.9 Å². The van der Waals surface area contributed by atoms with Crippen molar-refractivity contribution in [3.8, 4) is 5.75 Å². The molecule has 0 aliphatic carbocycles. The van der Waals surface area contributed by atoms with Gasteiger partial charge >= 0.3 is 12.0 Å². The van der Waals surface area contributed by atoms with E-state index in [1.54, 1.807) is 67.3 Å². The molecule has 0 saturated heterocycles. The van der Waals surface area contributed by atoms with E-state index < -0.39 is 12.0 Å². The van der Waals surface area contributed by atoms with Crippen molar-refractivity contribution in [3.05, 3.63) is 70.9 Å². The van der Waals surface area contributed by atoms with Crippen LogP contribution in [0.25, 0.3) is 0 Å². The summed E-state index contributed by atoms with van der Waals surface area (Å²) < 4.78 is 10.5.